The van der Waals surface area contributed by atoms with Crippen molar-refractivity contribution >= 4 is 11.9 Å². The van der Waals surface area contributed by atoms with Crippen molar-refractivity contribution in [2.45, 2.75) is 45.0 Å². The highest BCUT2D eigenvalue weighted by Gasteiger charge is 2.42. The van der Waals surface area contributed by atoms with Gasteiger partial charge in [-0.15, -0.1) is 0 Å². The second-order valence-electron chi connectivity index (χ2n) is 8.52. The molecular weight excluding hydrogens is 378 g/mol. The van der Waals surface area contributed by atoms with Crippen molar-refractivity contribution in [2.75, 3.05) is 25.5 Å². The Morgan fingerprint density at radius 1 is 1.10 bits per heavy atom. The number of carbonyl (C=O) groups is 1. The van der Waals surface area contributed by atoms with Gasteiger partial charge in [0.25, 0.3) is 0 Å². The van der Waals surface area contributed by atoms with E-state index in [-0.39, 0.29) is 18.1 Å². The molecule has 1 aliphatic heterocycles. The molecule has 0 bridgehead atoms. The Kier molecular flexibility index (Phi) is 6.59. The van der Waals surface area contributed by atoms with Crippen molar-refractivity contribution in [3.8, 4) is 0 Å². The molecule has 2 aromatic rings. The van der Waals surface area contributed by atoms with E-state index in [2.05, 4.69) is 37.6 Å². The van der Waals surface area contributed by atoms with Crippen molar-refractivity contribution in [1.82, 2.24) is 20.2 Å². The molecule has 0 spiro atoms. The standard InChI is InChI=1S/C23H31N5O2/c1-16(29)27-21-8-19-14-28(15-20(19)9-22(21)30-2)13-18-11-25-23(26-12-18)24-10-17-6-4-3-5-7-17/h3-7,11-12,19-22H,8-10,13-15H2,1-2H3,(H,27,29)(H,24,25,26)/t19-,20+,21-,22-/m1/s1. The minimum atomic E-state index is 0.0217. The van der Waals surface area contributed by atoms with E-state index >= 15 is 0 Å². The molecule has 2 fully saturated rings. The van der Waals surface area contributed by atoms with E-state index in [1.807, 2.05) is 30.6 Å². The fraction of sp³-hybridized carbons (Fsp3) is 0.522. The molecule has 160 valence electrons. The number of rotatable bonds is 7. The van der Waals surface area contributed by atoms with Crippen LogP contribution in [-0.4, -0.2) is 53.1 Å². The van der Waals surface area contributed by atoms with Gasteiger partial charge in [-0.3, -0.25) is 9.69 Å². The predicted molar refractivity (Wildman–Crippen MR) is 116 cm³/mol. The van der Waals surface area contributed by atoms with Gasteiger partial charge < -0.3 is 15.4 Å². The molecule has 1 aromatic carbocycles. The number of aromatic nitrogens is 2. The van der Waals surface area contributed by atoms with Crippen LogP contribution in [-0.2, 0) is 22.6 Å². The number of likely N-dealkylation sites (tertiary alicyclic amines) is 1. The number of hydrogen-bond acceptors (Lipinski definition) is 6. The monoisotopic (exact) mass is 409 g/mol. The lowest BCUT2D eigenvalue weighted by Crippen LogP contribution is -2.49. The van der Waals surface area contributed by atoms with Gasteiger partial charge in [-0.05, 0) is 30.2 Å². The maximum Gasteiger partial charge on any atom is 0.222 e. The van der Waals surface area contributed by atoms with Gasteiger partial charge in [-0.2, -0.15) is 0 Å². The third-order valence-corrected chi connectivity index (χ3v) is 6.29. The molecule has 1 saturated heterocycles. The molecule has 0 unspecified atom stereocenters. The van der Waals surface area contributed by atoms with Gasteiger partial charge in [0.05, 0.1) is 12.1 Å². The minimum absolute atomic E-state index is 0.0217. The van der Waals surface area contributed by atoms with E-state index in [0.717, 1.165) is 38.0 Å². The maximum atomic E-state index is 11.5. The van der Waals surface area contributed by atoms with E-state index in [4.69, 9.17) is 4.74 Å². The molecule has 1 aromatic heterocycles. The van der Waals surface area contributed by atoms with Crippen LogP contribution < -0.4 is 10.6 Å². The van der Waals surface area contributed by atoms with Crippen LogP contribution in [0.25, 0.3) is 0 Å². The Balaban J connectivity index is 1.29. The van der Waals surface area contributed by atoms with Gasteiger partial charge in [-0.25, -0.2) is 9.97 Å². The van der Waals surface area contributed by atoms with Gasteiger partial charge in [0.2, 0.25) is 11.9 Å². The quantitative estimate of drug-likeness (QED) is 0.731. The van der Waals surface area contributed by atoms with E-state index in [0.29, 0.717) is 24.3 Å². The second-order valence-corrected chi connectivity index (χ2v) is 8.52. The first-order valence-corrected chi connectivity index (χ1v) is 10.7. The second kappa shape index (κ2) is 9.53. The highest BCUT2D eigenvalue weighted by molar-refractivity contribution is 5.73. The molecule has 1 saturated carbocycles. The number of nitrogens with one attached hydrogen (secondary N) is 2. The van der Waals surface area contributed by atoms with Crippen molar-refractivity contribution in [2.24, 2.45) is 11.8 Å². The van der Waals surface area contributed by atoms with Crippen molar-refractivity contribution in [3.63, 3.8) is 0 Å². The van der Waals surface area contributed by atoms with Gasteiger partial charge in [0.1, 0.15) is 0 Å². The first-order chi connectivity index (χ1) is 14.6. The molecule has 2 aliphatic rings. The Morgan fingerprint density at radius 3 is 2.47 bits per heavy atom. The van der Waals surface area contributed by atoms with E-state index < -0.39 is 0 Å². The number of hydrogen-bond donors (Lipinski definition) is 2. The summed E-state index contributed by atoms with van der Waals surface area (Å²) in [6, 6.07) is 10.4. The molecule has 1 aliphatic carbocycles. The van der Waals surface area contributed by atoms with Gasteiger partial charge in [-0.1, -0.05) is 30.3 Å². The molecule has 30 heavy (non-hydrogen) atoms. The topological polar surface area (TPSA) is 79.4 Å². The SMILES string of the molecule is CO[C@@H]1C[C@H]2CN(Cc3cnc(NCc4ccccc4)nc3)C[C@H]2C[C@H]1NC(C)=O. The molecule has 7 nitrogen and oxygen atoms in total. The molecule has 4 atom stereocenters. The van der Waals surface area contributed by atoms with Crippen LogP contribution in [0.4, 0.5) is 5.95 Å². The highest BCUT2D eigenvalue weighted by atomic mass is 16.5. The first-order valence-electron chi connectivity index (χ1n) is 10.7. The summed E-state index contributed by atoms with van der Waals surface area (Å²) in [6.07, 6.45) is 5.92. The van der Waals surface area contributed by atoms with Crippen LogP contribution in [0.1, 0.15) is 30.9 Å². The molecule has 1 amide bonds. The summed E-state index contributed by atoms with van der Waals surface area (Å²) in [5, 5.41) is 6.35. The lowest BCUT2D eigenvalue weighted by Gasteiger charge is -2.37. The Bertz CT molecular complexity index is 829. The summed E-state index contributed by atoms with van der Waals surface area (Å²) in [5.41, 5.74) is 2.33. The Morgan fingerprint density at radius 2 is 1.80 bits per heavy atom. The number of carbonyl (C=O) groups excluding carboxylic acids is 1. The van der Waals surface area contributed by atoms with Crippen molar-refractivity contribution in [3.05, 3.63) is 53.9 Å². The fourth-order valence-corrected chi connectivity index (χ4v) is 4.88. The number of benzene rings is 1. The summed E-state index contributed by atoms with van der Waals surface area (Å²) < 4.78 is 5.67. The number of fused-ring (bicyclic) bond motifs is 1. The summed E-state index contributed by atoms with van der Waals surface area (Å²) in [6.45, 7) is 5.26. The normalized spacial score (nSPS) is 26.2. The van der Waals surface area contributed by atoms with Crippen LogP contribution in [0.2, 0.25) is 0 Å². The third kappa shape index (κ3) is 5.15. The maximum absolute atomic E-state index is 11.5. The zero-order valence-corrected chi connectivity index (χ0v) is 17.8. The molecule has 0 radical (unpaired) electrons. The minimum Gasteiger partial charge on any atom is -0.379 e. The third-order valence-electron chi connectivity index (χ3n) is 6.29. The van der Waals surface area contributed by atoms with E-state index in [1.54, 1.807) is 14.0 Å². The van der Waals surface area contributed by atoms with Crippen LogP contribution in [0.15, 0.2) is 42.7 Å². The van der Waals surface area contributed by atoms with Gasteiger partial charge >= 0.3 is 0 Å². The average Bonchev–Trinajstić information content (AvgIpc) is 3.14. The van der Waals surface area contributed by atoms with Crippen LogP contribution >= 0.6 is 0 Å². The fourth-order valence-electron chi connectivity index (χ4n) is 4.88. The molecule has 4 rings (SSSR count). The smallest absolute Gasteiger partial charge is 0.222 e. The number of anilines is 1. The lowest BCUT2D eigenvalue weighted by atomic mass is 9.77. The summed E-state index contributed by atoms with van der Waals surface area (Å²) in [4.78, 5) is 23.0. The van der Waals surface area contributed by atoms with Gasteiger partial charge in [0.15, 0.2) is 0 Å². The molecule has 2 heterocycles. The molecule has 7 heteroatoms. The molecule has 2 N–H and O–H groups in total. The number of ether oxygens (including phenoxy) is 1. The zero-order chi connectivity index (χ0) is 20.9. The number of methoxy groups -OCH3 is 1. The Hall–Kier alpha value is -2.51. The van der Waals surface area contributed by atoms with Crippen molar-refractivity contribution < 1.29 is 9.53 Å². The van der Waals surface area contributed by atoms with E-state index in [1.165, 1.54) is 5.56 Å². The summed E-state index contributed by atoms with van der Waals surface area (Å²) in [5.74, 6) is 1.89. The molecular formula is C23H31N5O2. The van der Waals surface area contributed by atoms with Crippen LogP contribution in [0.5, 0.6) is 0 Å². The number of amides is 1. The zero-order valence-electron chi connectivity index (χ0n) is 17.8. The largest absolute Gasteiger partial charge is 0.379 e. The number of nitrogens with zero attached hydrogens (tertiary/aromatic N) is 3. The Labute approximate surface area is 178 Å². The summed E-state index contributed by atoms with van der Waals surface area (Å²) in [7, 11) is 1.75. The highest BCUT2D eigenvalue weighted by Crippen LogP contribution is 2.38. The summed E-state index contributed by atoms with van der Waals surface area (Å²) >= 11 is 0. The lowest BCUT2D eigenvalue weighted by molar-refractivity contribution is -0.121. The van der Waals surface area contributed by atoms with Gasteiger partial charge in [0, 0.05) is 58.2 Å². The average molecular weight is 410 g/mol. The van der Waals surface area contributed by atoms with Crippen LogP contribution in [0, 0.1) is 11.8 Å². The van der Waals surface area contributed by atoms with Crippen LogP contribution in [0.3, 0.4) is 0 Å². The van der Waals surface area contributed by atoms with Crippen molar-refractivity contribution in [1.29, 1.82) is 0 Å². The van der Waals surface area contributed by atoms with E-state index in [9.17, 15) is 4.79 Å². The predicted octanol–water partition coefficient (Wildman–Crippen LogP) is 2.45. The first kappa shape index (κ1) is 20.8.